The van der Waals surface area contributed by atoms with Crippen molar-refractivity contribution in [1.82, 2.24) is 5.32 Å². The molecule has 1 amide bonds. The average molecular weight is 279 g/mol. The summed E-state index contributed by atoms with van der Waals surface area (Å²) in [7, 11) is 0. The molecule has 20 heavy (non-hydrogen) atoms. The summed E-state index contributed by atoms with van der Waals surface area (Å²) in [5.74, 6) is 0. The van der Waals surface area contributed by atoms with E-state index in [0.717, 1.165) is 24.8 Å². The molecule has 0 fully saturated rings. The first kappa shape index (κ1) is 16.5. The zero-order valence-corrected chi connectivity index (χ0v) is 12.6. The fraction of sp³-hybridized carbons (Fsp3) is 0.562. The molecule has 0 saturated carbocycles. The first-order chi connectivity index (χ1) is 9.42. The largest absolute Gasteiger partial charge is 0.444 e. The first-order valence-electron chi connectivity index (χ1n) is 7.07. The van der Waals surface area contributed by atoms with Gasteiger partial charge in [-0.1, -0.05) is 30.3 Å². The van der Waals surface area contributed by atoms with E-state index in [-0.39, 0.29) is 12.6 Å². The van der Waals surface area contributed by atoms with Crippen molar-refractivity contribution in [3.8, 4) is 0 Å². The Bertz CT molecular complexity index is 398. The van der Waals surface area contributed by atoms with Gasteiger partial charge in [0.25, 0.3) is 0 Å². The molecule has 0 aliphatic carbocycles. The lowest BCUT2D eigenvalue weighted by molar-refractivity contribution is 0.0500. The number of nitrogens with one attached hydrogen (secondary N) is 1. The number of amides is 1. The molecule has 0 heterocycles. The average Bonchev–Trinajstić information content (AvgIpc) is 2.37. The van der Waals surface area contributed by atoms with Gasteiger partial charge in [-0.3, -0.25) is 0 Å². The third-order valence-electron chi connectivity index (χ3n) is 2.79. The van der Waals surface area contributed by atoms with Crippen molar-refractivity contribution in [2.75, 3.05) is 6.61 Å². The molecule has 0 aliphatic rings. The zero-order chi connectivity index (χ0) is 15.0. The molecule has 0 bridgehead atoms. The highest BCUT2D eigenvalue weighted by Gasteiger charge is 2.20. The second kappa shape index (κ2) is 7.90. The molecule has 0 aliphatic heterocycles. The Morgan fingerprint density at radius 2 is 1.90 bits per heavy atom. The minimum Gasteiger partial charge on any atom is -0.444 e. The van der Waals surface area contributed by atoms with Gasteiger partial charge in [0.05, 0.1) is 6.04 Å². The topological polar surface area (TPSA) is 58.6 Å². The summed E-state index contributed by atoms with van der Waals surface area (Å²) in [6.07, 6.45) is 1.96. The molecule has 1 atom stereocenters. The molecule has 2 N–H and O–H groups in total. The van der Waals surface area contributed by atoms with Crippen LogP contribution in [-0.2, 0) is 4.74 Å². The van der Waals surface area contributed by atoms with Gasteiger partial charge in [-0.2, -0.15) is 0 Å². The van der Waals surface area contributed by atoms with Gasteiger partial charge in [0.15, 0.2) is 0 Å². The van der Waals surface area contributed by atoms with Crippen molar-refractivity contribution in [1.29, 1.82) is 0 Å². The lowest BCUT2D eigenvalue weighted by atomic mass is 10.0. The van der Waals surface area contributed by atoms with Crippen LogP contribution in [0.5, 0.6) is 0 Å². The predicted octanol–water partition coefficient (Wildman–Crippen LogP) is 3.42. The van der Waals surface area contributed by atoms with Gasteiger partial charge in [0, 0.05) is 6.61 Å². The van der Waals surface area contributed by atoms with E-state index in [0.29, 0.717) is 0 Å². The number of carbonyl (C=O) groups is 1. The number of carbonyl (C=O) groups excluding carboxylic acids is 1. The summed E-state index contributed by atoms with van der Waals surface area (Å²) >= 11 is 0. The van der Waals surface area contributed by atoms with Gasteiger partial charge in [-0.25, -0.2) is 4.79 Å². The fourth-order valence-electron chi connectivity index (χ4n) is 1.92. The van der Waals surface area contributed by atoms with Crippen molar-refractivity contribution in [2.24, 2.45) is 0 Å². The van der Waals surface area contributed by atoms with Crippen molar-refractivity contribution < 1.29 is 14.6 Å². The van der Waals surface area contributed by atoms with E-state index in [1.165, 1.54) is 0 Å². The molecule has 0 spiro atoms. The monoisotopic (exact) mass is 279 g/mol. The molecule has 0 aromatic heterocycles. The van der Waals surface area contributed by atoms with Crippen LogP contribution in [-0.4, -0.2) is 23.4 Å². The molecule has 0 saturated heterocycles. The van der Waals surface area contributed by atoms with Crippen LogP contribution >= 0.6 is 0 Å². The van der Waals surface area contributed by atoms with Gasteiger partial charge in [0.2, 0.25) is 0 Å². The highest BCUT2D eigenvalue weighted by Crippen LogP contribution is 2.20. The van der Waals surface area contributed by atoms with Gasteiger partial charge >= 0.3 is 6.09 Å². The van der Waals surface area contributed by atoms with Crippen LogP contribution in [0.1, 0.15) is 51.6 Å². The van der Waals surface area contributed by atoms with Gasteiger partial charge < -0.3 is 15.2 Å². The lowest BCUT2D eigenvalue weighted by Gasteiger charge is -2.24. The number of hydrogen-bond acceptors (Lipinski definition) is 3. The van der Waals surface area contributed by atoms with E-state index in [1.54, 1.807) is 0 Å². The molecule has 1 aromatic carbocycles. The number of aliphatic hydroxyl groups excluding tert-OH is 1. The van der Waals surface area contributed by atoms with Crippen molar-refractivity contribution >= 4 is 6.09 Å². The molecule has 4 nitrogen and oxygen atoms in total. The summed E-state index contributed by atoms with van der Waals surface area (Å²) in [6, 6.07) is 9.73. The van der Waals surface area contributed by atoms with E-state index in [2.05, 4.69) is 5.32 Å². The number of aliphatic hydroxyl groups is 1. The van der Waals surface area contributed by atoms with Crippen LogP contribution in [0.4, 0.5) is 4.79 Å². The van der Waals surface area contributed by atoms with Crippen molar-refractivity contribution in [3.05, 3.63) is 35.9 Å². The van der Waals surface area contributed by atoms with Gasteiger partial charge in [-0.05, 0) is 45.6 Å². The van der Waals surface area contributed by atoms with E-state index in [4.69, 9.17) is 9.84 Å². The van der Waals surface area contributed by atoms with E-state index in [1.807, 2.05) is 51.1 Å². The standard InChI is InChI=1S/C16H25NO3/c1-16(2,3)20-15(19)17-14(11-7-8-12-18)13-9-5-4-6-10-13/h4-6,9-10,14,18H,7-8,11-12H2,1-3H3,(H,17,19). The second-order valence-electron chi connectivity index (χ2n) is 5.83. The van der Waals surface area contributed by atoms with Crippen LogP contribution in [0.2, 0.25) is 0 Å². The van der Waals surface area contributed by atoms with Crippen LogP contribution in [0.3, 0.4) is 0 Å². The molecule has 4 heteroatoms. The highest BCUT2D eigenvalue weighted by atomic mass is 16.6. The van der Waals surface area contributed by atoms with Crippen LogP contribution in [0, 0.1) is 0 Å². The zero-order valence-electron chi connectivity index (χ0n) is 12.6. The molecular formula is C16H25NO3. The third-order valence-corrected chi connectivity index (χ3v) is 2.79. The van der Waals surface area contributed by atoms with E-state index in [9.17, 15) is 4.79 Å². The number of ether oxygens (including phenoxy) is 1. The molecular weight excluding hydrogens is 254 g/mol. The third kappa shape index (κ3) is 6.57. The minimum absolute atomic E-state index is 0.0856. The van der Waals surface area contributed by atoms with Crippen LogP contribution < -0.4 is 5.32 Å². The number of unbranched alkanes of at least 4 members (excludes halogenated alkanes) is 1. The Balaban J connectivity index is 2.65. The maximum Gasteiger partial charge on any atom is 0.408 e. The van der Waals surface area contributed by atoms with Crippen molar-refractivity contribution in [3.63, 3.8) is 0 Å². The van der Waals surface area contributed by atoms with Crippen LogP contribution in [0.15, 0.2) is 30.3 Å². The van der Waals surface area contributed by atoms with Crippen molar-refractivity contribution in [2.45, 2.75) is 51.7 Å². The highest BCUT2D eigenvalue weighted by molar-refractivity contribution is 5.68. The Morgan fingerprint density at radius 3 is 2.45 bits per heavy atom. The minimum atomic E-state index is -0.504. The Labute approximate surface area is 121 Å². The summed E-state index contributed by atoms with van der Waals surface area (Å²) in [4.78, 5) is 11.9. The second-order valence-corrected chi connectivity index (χ2v) is 5.83. The quantitative estimate of drug-likeness (QED) is 0.784. The maximum atomic E-state index is 11.9. The Hall–Kier alpha value is -1.55. The normalized spacial score (nSPS) is 12.8. The number of benzene rings is 1. The SMILES string of the molecule is CC(C)(C)OC(=O)NC(CCCCO)c1ccccc1. The Morgan fingerprint density at radius 1 is 1.25 bits per heavy atom. The summed E-state index contributed by atoms with van der Waals surface area (Å²) in [6.45, 7) is 5.70. The molecule has 1 unspecified atom stereocenters. The number of hydrogen-bond donors (Lipinski definition) is 2. The lowest BCUT2D eigenvalue weighted by Crippen LogP contribution is -2.35. The maximum absolute atomic E-state index is 11.9. The Kier molecular flexibility index (Phi) is 6.52. The predicted molar refractivity (Wildman–Crippen MR) is 79.5 cm³/mol. The summed E-state index contributed by atoms with van der Waals surface area (Å²) in [5, 5.41) is 11.8. The first-order valence-corrected chi connectivity index (χ1v) is 7.07. The molecule has 112 valence electrons. The number of alkyl carbamates (subject to hydrolysis) is 1. The number of rotatable bonds is 6. The summed E-state index contributed by atoms with van der Waals surface area (Å²) < 4.78 is 5.30. The van der Waals surface area contributed by atoms with Gasteiger partial charge in [0.1, 0.15) is 5.60 Å². The smallest absolute Gasteiger partial charge is 0.408 e. The fourth-order valence-corrected chi connectivity index (χ4v) is 1.92. The van der Waals surface area contributed by atoms with E-state index >= 15 is 0 Å². The molecule has 0 radical (unpaired) electrons. The van der Waals surface area contributed by atoms with Crippen LogP contribution in [0.25, 0.3) is 0 Å². The molecule has 1 aromatic rings. The summed E-state index contributed by atoms with van der Waals surface area (Å²) in [5.41, 5.74) is 0.549. The van der Waals surface area contributed by atoms with Gasteiger partial charge in [-0.15, -0.1) is 0 Å². The molecule has 1 rings (SSSR count). The van der Waals surface area contributed by atoms with E-state index < -0.39 is 11.7 Å².